The maximum absolute atomic E-state index is 11.1. The van der Waals surface area contributed by atoms with Crippen LogP contribution in [0.5, 0.6) is 0 Å². The Hall–Kier alpha value is -2.35. The number of aromatic nitrogens is 1. The number of hydrogen-bond acceptors (Lipinski definition) is 1. The summed E-state index contributed by atoms with van der Waals surface area (Å²) in [5.74, 6) is 0. The Labute approximate surface area is 128 Å². The Bertz CT molecular complexity index is 579. The van der Waals surface area contributed by atoms with Gasteiger partial charge in [-0.2, -0.15) is 0 Å². The molecule has 2 nitrogen and oxygen atoms in total. The van der Waals surface area contributed by atoms with Crippen LogP contribution < -0.4 is 0 Å². The third-order valence-electron chi connectivity index (χ3n) is 2.92. The van der Waals surface area contributed by atoms with Gasteiger partial charge in [0, 0.05) is 12.2 Å². The van der Waals surface area contributed by atoms with E-state index in [1.807, 2.05) is 54.8 Å². The van der Waals surface area contributed by atoms with E-state index in [0.717, 1.165) is 23.1 Å². The van der Waals surface area contributed by atoms with Crippen molar-refractivity contribution < 1.29 is 4.79 Å². The Morgan fingerprint density at radius 1 is 1.10 bits per heavy atom. The fourth-order valence-corrected chi connectivity index (χ4v) is 2.04. The van der Waals surface area contributed by atoms with Gasteiger partial charge in [0.25, 0.3) is 0 Å². The Kier molecular flexibility index (Phi) is 8.47. The molecule has 0 fully saturated rings. The molecule has 0 unspecified atom stereocenters. The number of rotatable bonds is 5. The minimum atomic E-state index is 0. The van der Waals surface area contributed by atoms with Gasteiger partial charge in [0.05, 0.1) is 5.69 Å². The van der Waals surface area contributed by atoms with Gasteiger partial charge in [-0.25, -0.2) is 0 Å². The zero-order valence-electron chi connectivity index (χ0n) is 12.2. The first-order chi connectivity index (χ1) is 9.80. The summed E-state index contributed by atoms with van der Waals surface area (Å²) in [4.78, 5) is 11.1. The minimum absolute atomic E-state index is 0. The molecule has 0 spiro atoms. The SMILES string of the molecule is C.C=Cc1cc(C=O)n(Cc2ccccc2)c1C=C.CC. The molecule has 2 aromatic rings. The summed E-state index contributed by atoms with van der Waals surface area (Å²) >= 11 is 0. The van der Waals surface area contributed by atoms with Gasteiger partial charge < -0.3 is 4.57 Å². The molecule has 112 valence electrons. The van der Waals surface area contributed by atoms with Crippen LogP contribution in [0.4, 0.5) is 0 Å². The molecular formula is C19H25NO. The summed E-state index contributed by atoms with van der Waals surface area (Å²) in [6.45, 7) is 12.2. The number of benzene rings is 1. The van der Waals surface area contributed by atoms with Gasteiger partial charge in [-0.1, -0.05) is 70.8 Å². The zero-order chi connectivity index (χ0) is 15.0. The first-order valence-corrected chi connectivity index (χ1v) is 6.77. The van der Waals surface area contributed by atoms with Gasteiger partial charge in [0.1, 0.15) is 0 Å². The first kappa shape index (κ1) is 18.6. The maximum atomic E-state index is 11.1. The lowest BCUT2D eigenvalue weighted by Crippen LogP contribution is -2.05. The Morgan fingerprint density at radius 2 is 1.71 bits per heavy atom. The molecule has 1 aromatic carbocycles. The van der Waals surface area contributed by atoms with Gasteiger partial charge in [-0.3, -0.25) is 4.79 Å². The van der Waals surface area contributed by atoms with Crippen LogP contribution in [-0.4, -0.2) is 10.9 Å². The van der Waals surface area contributed by atoms with Gasteiger partial charge in [0.15, 0.2) is 6.29 Å². The fourth-order valence-electron chi connectivity index (χ4n) is 2.04. The number of carbonyl (C=O) groups is 1. The smallest absolute Gasteiger partial charge is 0.166 e. The molecule has 1 aromatic heterocycles. The summed E-state index contributed by atoms with van der Waals surface area (Å²) < 4.78 is 1.95. The van der Waals surface area contributed by atoms with Crippen molar-refractivity contribution >= 4 is 18.4 Å². The second kappa shape index (κ2) is 9.54. The monoisotopic (exact) mass is 283 g/mol. The van der Waals surface area contributed by atoms with Crippen LogP contribution >= 0.6 is 0 Å². The van der Waals surface area contributed by atoms with Crippen molar-refractivity contribution in [3.63, 3.8) is 0 Å². The van der Waals surface area contributed by atoms with Crippen LogP contribution in [0.3, 0.4) is 0 Å². The molecule has 0 aliphatic rings. The Balaban J connectivity index is 0.00000128. The number of carbonyl (C=O) groups excluding carboxylic acids is 1. The topological polar surface area (TPSA) is 22.0 Å². The predicted molar refractivity (Wildman–Crippen MR) is 93.6 cm³/mol. The van der Waals surface area contributed by atoms with E-state index in [4.69, 9.17) is 0 Å². The van der Waals surface area contributed by atoms with Gasteiger partial charge >= 0.3 is 0 Å². The molecule has 0 aliphatic carbocycles. The third kappa shape index (κ3) is 4.32. The van der Waals surface area contributed by atoms with Crippen LogP contribution in [0.25, 0.3) is 12.2 Å². The summed E-state index contributed by atoms with van der Waals surface area (Å²) in [5.41, 5.74) is 3.65. The average molecular weight is 283 g/mol. The van der Waals surface area contributed by atoms with Crippen molar-refractivity contribution in [1.82, 2.24) is 4.57 Å². The maximum Gasteiger partial charge on any atom is 0.166 e. The van der Waals surface area contributed by atoms with Gasteiger partial charge in [-0.15, -0.1) is 0 Å². The normalized spacial score (nSPS) is 8.86. The molecule has 2 heteroatoms. The van der Waals surface area contributed by atoms with E-state index in [9.17, 15) is 4.79 Å². The second-order valence-corrected chi connectivity index (χ2v) is 4.01. The molecule has 0 N–H and O–H groups in total. The van der Waals surface area contributed by atoms with Crippen molar-refractivity contribution in [3.8, 4) is 0 Å². The standard InChI is InChI=1S/C16H15NO.C2H6.CH4/c1-3-14-10-15(12-18)17(16(14)4-2)11-13-8-6-5-7-9-13;1-2;/h3-10,12H,1-2,11H2;1-2H3;1H4. The lowest BCUT2D eigenvalue weighted by atomic mass is 10.2. The molecule has 0 saturated heterocycles. The minimum Gasteiger partial charge on any atom is -0.334 e. The summed E-state index contributed by atoms with van der Waals surface area (Å²) in [7, 11) is 0. The van der Waals surface area contributed by atoms with Crippen LogP contribution in [0.15, 0.2) is 49.6 Å². The largest absolute Gasteiger partial charge is 0.334 e. The van der Waals surface area contributed by atoms with Crippen molar-refractivity contribution in [2.75, 3.05) is 0 Å². The molecule has 0 bridgehead atoms. The van der Waals surface area contributed by atoms with Gasteiger partial charge in [-0.05, 0) is 23.3 Å². The predicted octanol–water partition coefficient (Wildman–Crippen LogP) is 5.30. The summed E-state index contributed by atoms with van der Waals surface area (Å²) in [5, 5.41) is 0. The van der Waals surface area contributed by atoms with E-state index in [2.05, 4.69) is 13.2 Å². The third-order valence-corrected chi connectivity index (χ3v) is 2.92. The number of hydrogen-bond donors (Lipinski definition) is 0. The average Bonchev–Trinajstić information content (AvgIpc) is 2.87. The zero-order valence-corrected chi connectivity index (χ0v) is 12.2. The fraction of sp³-hybridized carbons (Fsp3) is 0.211. The molecule has 0 saturated carbocycles. The summed E-state index contributed by atoms with van der Waals surface area (Å²) in [6.07, 6.45) is 4.36. The lowest BCUT2D eigenvalue weighted by Gasteiger charge is -2.09. The van der Waals surface area contributed by atoms with Crippen LogP contribution in [-0.2, 0) is 6.54 Å². The molecule has 0 atom stereocenters. The highest BCUT2D eigenvalue weighted by Gasteiger charge is 2.10. The van der Waals surface area contributed by atoms with Gasteiger partial charge in [0.2, 0.25) is 0 Å². The highest BCUT2D eigenvalue weighted by Crippen LogP contribution is 2.19. The van der Waals surface area contributed by atoms with Crippen molar-refractivity contribution in [1.29, 1.82) is 0 Å². The molecule has 0 amide bonds. The van der Waals surface area contributed by atoms with E-state index in [1.54, 1.807) is 12.2 Å². The van der Waals surface area contributed by atoms with Crippen molar-refractivity contribution in [2.45, 2.75) is 27.8 Å². The van der Waals surface area contributed by atoms with E-state index in [0.29, 0.717) is 12.2 Å². The van der Waals surface area contributed by atoms with E-state index in [-0.39, 0.29) is 7.43 Å². The highest BCUT2D eigenvalue weighted by atomic mass is 16.1. The lowest BCUT2D eigenvalue weighted by molar-refractivity contribution is 0.111. The van der Waals surface area contributed by atoms with E-state index in [1.165, 1.54) is 0 Å². The van der Waals surface area contributed by atoms with Crippen molar-refractivity contribution in [3.05, 3.63) is 72.1 Å². The molecular weight excluding hydrogens is 258 g/mol. The van der Waals surface area contributed by atoms with Crippen LogP contribution in [0.1, 0.15) is 48.6 Å². The molecule has 21 heavy (non-hydrogen) atoms. The van der Waals surface area contributed by atoms with Crippen molar-refractivity contribution in [2.24, 2.45) is 0 Å². The van der Waals surface area contributed by atoms with E-state index >= 15 is 0 Å². The quantitative estimate of drug-likeness (QED) is 0.683. The van der Waals surface area contributed by atoms with E-state index < -0.39 is 0 Å². The number of aldehydes is 1. The molecule has 0 aliphatic heterocycles. The number of nitrogens with zero attached hydrogens (tertiary/aromatic N) is 1. The molecule has 0 radical (unpaired) electrons. The Morgan fingerprint density at radius 3 is 2.19 bits per heavy atom. The van der Waals surface area contributed by atoms with Crippen LogP contribution in [0.2, 0.25) is 0 Å². The first-order valence-electron chi connectivity index (χ1n) is 6.77. The second-order valence-electron chi connectivity index (χ2n) is 4.01. The van der Waals surface area contributed by atoms with Crippen LogP contribution in [0, 0.1) is 0 Å². The molecule has 2 rings (SSSR count). The molecule has 1 heterocycles. The highest BCUT2D eigenvalue weighted by molar-refractivity contribution is 5.78. The summed E-state index contributed by atoms with van der Waals surface area (Å²) in [6, 6.07) is 11.9.